The molecule has 6 nitrogen and oxygen atoms in total. The van der Waals surface area contributed by atoms with Crippen LogP contribution < -0.4 is 4.74 Å². The Balaban J connectivity index is 1.52. The van der Waals surface area contributed by atoms with Gasteiger partial charge in [0, 0.05) is 33.2 Å². The Kier molecular flexibility index (Phi) is 9.03. The molecule has 2 heterocycles. The summed E-state index contributed by atoms with van der Waals surface area (Å²) in [4.78, 5) is 33.0. The fourth-order valence-corrected chi connectivity index (χ4v) is 5.33. The molecule has 1 atom stereocenters. The van der Waals surface area contributed by atoms with Gasteiger partial charge in [-0.05, 0) is 48.4 Å². The van der Waals surface area contributed by atoms with Crippen LogP contribution in [0.3, 0.4) is 0 Å². The normalized spacial score (nSPS) is 20.3. The largest absolute Gasteiger partial charge is 0.491 e. The van der Waals surface area contributed by atoms with Crippen LogP contribution in [0.2, 0.25) is 0 Å². The summed E-state index contributed by atoms with van der Waals surface area (Å²) < 4.78 is 6.29. The number of carbonyl (C=O) groups is 2. The van der Waals surface area contributed by atoms with Crippen molar-refractivity contribution in [1.29, 1.82) is 0 Å². The molecule has 0 spiro atoms. The molecule has 0 unspecified atom stereocenters. The lowest BCUT2D eigenvalue weighted by Crippen LogP contribution is -2.51. The highest BCUT2D eigenvalue weighted by atomic mass is 16.5. The summed E-state index contributed by atoms with van der Waals surface area (Å²) in [6, 6.07) is 16.0. The number of hydrogen-bond donors (Lipinski definition) is 0. The molecule has 0 N–H and O–H groups in total. The van der Waals surface area contributed by atoms with Gasteiger partial charge in [-0.25, -0.2) is 0 Å². The Morgan fingerprint density at radius 2 is 1.64 bits per heavy atom. The quantitative estimate of drug-likeness (QED) is 0.629. The molecular weight excluding hydrogens is 450 g/mol. The zero-order chi connectivity index (χ0) is 25.5. The smallest absolute Gasteiger partial charge is 0.257 e. The summed E-state index contributed by atoms with van der Waals surface area (Å²) in [6.07, 6.45) is 5.00. The van der Waals surface area contributed by atoms with Crippen LogP contribution in [0, 0.1) is 5.92 Å². The molecule has 4 rings (SSSR count). The molecule has 0 saturated carbocycles. The molecule has 2 amide bonds. The molecule has 0 saturated heterocycles. The number of para-hydroxylation sites is 1. The molecule has 0 radical (unpaired) electrons. The molecule has 2 aromatic rings. The summed E-state index contributed by atoms with van der Waals surface area (Å²) in [5.74, 6) is 0.988. The molecule has 0 aliphatic carbocycles. The first-order valence-corrected chi connectivity index (χ1v) is 13.5. The molecular formula is C30H41N3O3. The summed E-state index contributed by atoms with van der Waals surface area (Å²) in [5.41, 5.74) is 3.31. The SMILES string of the molecule is CC(C)[C@H]1COc2ccccc2C(=O)N(C)CCCCCCN1C(=O)CN1CCc2ccccc2C1. The predicted molar refractivity (Wildman–Crippen MR) is 143 cm³/mol. The Labute approximate surface area is 216 Å². The maximum Gasteiger partial charge on any atom is 0.257 e. The van der Waals surface area contributed by atoms with Gasteiger partial charge in [-0.1, -0.05) is 63.1 Å². The Morgan fingerprint density at radius 1 is 0.944 bits per heavy atom. The van der Waals surface area contributed by atoms with Crippen molar-refractivity contribution in [2.24, 2.45) is 5.92 Å². The molecule has 36 heavy (non-hydrogen) atoms. The molecule has 0 fully saturated rings. The van der Waals surface area contributed by atoms with Crippen molar-refractivity contribution < 1.29 is 14.3 Å². The number of ether oxygens (including phenoxy) is 1. The van der Waals surface area contributed by atoms with Gasteiger partial charge < -0.3 is 14.5 Å². The van der Waals surface area contributed by atoms with E-state index in [2.05, 4.69) is 47.9 Å². The maximum atomic E-state index is 13.7. The van der Waals surface area contributed by atoms with Crippen molar-refractivity contribution in [3.63, 3.8) is 0 Å². The first-order chi connectivity index (χ1) is 17.4. The highest BCUT2D eigenvalue weighted by Crippen LogP contribution is 2.24. The number of fused-ring (bicyclic) bond motifs is 2. The van der Waals surface area contributed by atoms with E-state index in [0.29, 0.717) is 24.5 Å². The number of benzene rings is 2. The summed E-state index contributed by atoms with van der Waals surface area (Å²) >= 11 is 0. The van der Waals surface area contributed by atoms with E-state index in [9.17, 15) is 9.59 Å². The fraction of sp³-hybridized carbons (Fsp3) is 0.533. The summed E-state index contributed by atoms with van der Waals surface area (Å²) in [7, 11) is 1.86. The number of nitrogens with zero attached hydrogens (tertiary/aromatic N) is 3. The van der Waals surface area contributed by atoms with E-state index >= 15 is 0 Å². The molecule has 6 heteroatoms. The minimum atomic E-state index is -0.0570. The van der Waals surface area contributed by atoms with E-state index in [-0.39, 0.29) is 23.8 Å². The molecule has 2 aliphatic rings. The van der Waals surface area contributed by atoms with Crippen LogP contribution in [0.15, 0.2) is 48.5 Å². The standard InChI is InChI=1S/C30H41N3O3/c1-23(2)27-22-36-28-15-9-8-14-26(28)30(35)31(3)17-10-4-5-11-18-33(27)29(34)21-32-19-16-24-12-6-7-13-25(24)20-32/h6-9,12-15,23,27H,4-5,10-11,16-22H2,1-3H3/t27-/m1/s1. The van der Waals surface area contributed by atoms with Gasteiger partial charge in [-0.2, -0.15) is 0 Å². The minimum Gasteiger partial charge on any atom is -0.491 e. The van der Waals surface area contributed by atoms with Gasteiger partial charge in [0.05, 0.1) is 18.2 Å². The maximum absolute atomic E-state index is 13.7. The second-order valence-electron chi connectivity index (χ2n) is 10.6. The molecule has 2 aliphatic heterocycles. The first kappa shape index (κ1) is 26.2. The third-order valence-electron chi connectivity index (χ3n) is 7.58. The van der Waals surface area contributed by atoms with Crippen LogP contribution in [0.5, 0.6) is 5.75 Å². The van der Waals surface area contributed by atoms with Crippen LogP contribution in [-0.2, 0) is 17.8 Å². The van der Waals surface area contributed by atoms with Gasteiger partial charge in [-0.3, -0.25) is 14.5 Å². The van der Waals surface area contributed by atoms with E-state index in [1.807, 2.05) is 31.3 Å². The molecule has 0 aromatic heterocycles. The highest BCUT2D eigenvalue weighted by Gasteiger charge is 2.29. The van der Waals surface area contributed by atoms with Crippen LogP contribution in [0.25, 0.3) is 0 Å². The van der Waals surface area contributed by atoms with Gasteiger partial charge in [0.15, 0.2) is 0 Å². The topological polar surface area (TPSA) is 53.1 Å². The highest BCUT2D eigenvalue weighted by molar-refractivity contribution is 5.96. The lowest BCUT2D eigenvalue weighted by atomic mass is 9.99. The lowest BCUT2D eigenvalue weighted by molar-refractivity contribution is -0.137. The van der Waals surface area contributed by atoms with Crippen LogP contribution >= 0.6 is 0 Å². The van der Waals surface area contributed by atoms with Gasteiger partial charge in [0.25, 0.3) is 5.91 Å². The van der Waals surface area contributed by atoms with E-state index in [0.717, 1.165) is 58.3 Å². The van der Waals surface area contributed by atoms with E-state index in [1.54, 1.807) is 4.90 Å². The predicted octanol–water partition coefficient (Wildman–Crippen LogP) is 4.62. The number of rotatable bonds is 3. The zero-order valence-electron chi connectivity index (χ0n) is 22.1. The Morgan fingerprint density at radius 3 is 2.42 bits per heavy atom. The van der Waals surface area contributed by atoms with E-state index in [4.69, 9.17) is 4.74 Å². The monoisotopic (exact) mass is 491 g/mol. The third-order valence-corrected chi connectivity index (χ3v) is 7.58. The number of carbonyl (C=O) groups excluding carboxylic acids is 2. The second kappa shape index (κ2) is 12.4. The van der Waals surface area contributed by atoms with Crippen LogP contribution in [-0.4, -0.2) is 72.4 Å². The van der Waals surface area contributed by atoms with Crippen molar-refractivity contribution in [3.05, 3.63) is 65.2 Å². The number of amides is 2. The molecule has 0 bridgehead atoms. The lowest BCUT2D eigenvalue weighted by Gasteiger charge is -2.37. The molecule has 194 valence electrons. The summed E-state index contributed by atoms with van der Waals surface area (Å²) in [6.45, 7) is 8.30. The van der Waals surface area contributed by atoms with Crippen molar-refractivity contribution in [1.82, 2.24) is 14.7 Å². The third kappa shape index (κ3) is 6.47. The Bertz CT molecular complexity index is 1040. The van der Waals surface area contributed by atoms with E-state index in [1.165, 1.54) is 11.1 Å². The van der Waals surface area contributed by atoms with Crippen molar-refractivity contribution >= 4 is 11.8 Å². The van der Waals surface area contributed by atoms with Crippen LogP contribution in [0.1, 0.15) is 61.0 Å². The second-order valence-corrected chi connectivity index (χ2v) is 10.6. The van der Waals surface area contributed by atoms with Gasteiger partial charge in [-0.15, -0.1) is 0 Å². The fourth-order valence-electron chi connectivity index (χ4n) is 5.33. The van der Waals surface area contributed by atoms with Crippen LogP contribution in [0.4, 0.5) is 0 Å². The minimum absolute atomic E-state index is 0.0120. The summed E-state index contributed by atoms with van der Waals surface area (Å²) in [5, 5.41) is 0. The molecule has 2 aromatic carbocycles. The van der Waals surface area contributed by atoms with Crippen molar-refractivity contribution in [2.45, 2.75) is 58.5 Å². The zero-order valence-corrected chi connectivity index (χ0v) is 22.1. The average molecular weight is 492 g/mol. The Hall–Kier alpha value is -2.86. The first-order valence-electron chi connectivity index (χ1n) is 13.5. The number of hydrogen-bond acceptors (Lipinski definition) is 4. The average Bonchev–Trinajstić information content (AvgIpc) is 2.88. The van der Waals surface area contributed by atoms with E-state index < -0.39 is 0 Å². The van der Waals surface area contributed by atoms with Crippen molar-refractivity contribution in [3.8, 4) is 5.75 Å². The van der Waals surface area contributed by atoms with Gasteiger partial charge in [0.2, 0.25) is 5.91 Å². The van der Waals surface area contributed by atoms with Gasteiger partial charge in [0.1, 0.15) is 12.4 Å². The van der Waals surface area contributed by atoms with Gasteiger partial charge >= 0.3 is 0 Å². The van der Waals surface area contributed by atoms with Crippen molar-refractivity contribution in [2.75, 3.05) is 39.8 Å².